The van der Waals surface area contributed by atoms with E-state index in [9.17, 15) is 0 Å². The molecule has 0 bridgehead atoms. The van der Waals surface area contributed by atoms with Gasteiger partial charge in [0.1, 0.15) is 0 Å². The van der Waals surface area contributed by atoms with Crippen LogP contribution in [-0.4, -0.2) is 31.8 Å². The van der Waals surface area contributed by atoms with Crippen LogP contribution in [0.5, 0.6) is 0 Å². The van der Waals surface area contributed by atoms with Crippen molar-refractivity contribution >= 4 is 27.4 Å². The van der Waals surface area contributed by atoms with Gasteiger partial charge in [0.15, 0.2) is 5.82 Å². The lowest BCUT2D eigenvalue weighted by Gasteiger charge is -2.19. The van der Waals surface area contributed by atoms with Gasteiger partial charge in [-0.05, 0) is 40.8 Å². The van der Waals surface area contributed by atoms with Crippen LogP contribution in [-0.2, 0) is 4.74 Å². The van der Waals surface area contributed by atoms with Crippen molar-refractivity contribution in [2.75, 3.05) is 37.4 Å². The number of aromatic nitrogens is 1. The third-order valence-corrected chi connectivity index (χ3v) is 3.28. The molecule has 1 fully saturated rings. The molecule has 1 aliphatic carbocycles. The molecule has 0 amide bonds. The molecule has 17 heavy (non-hydrogen) atoms. The number of pyridine rings is 1. The van der Waals surface area contributed by atoms with Gasteiger partial charge in [-0.15, -0.1) is 0 Å². The molecule has 1 aromatic heterocycles. The fourth-order valence-corrected chi connectivity index (χ4v) is 1.96. The van der Waals surface area contributed by atoms with Crippen LogP contribution in [0.15, 0.2) is 16.7 Å². The fourth-order valence-electron chi connectivity index (χ4n) is 1.61. The van der Waals surface area contributed by atoms with Gasteiger partial charge in [-0.2, -0.15) is 0 Å². The molecule has 4 nitrogen and oxygen atoms in total. The molecule has 0 atom stereocenters. The minimum Gasteiger partial charge on any atom is -0.396 e. The first-order valence-corrected chi connectivity index (χ1v) is 6.66. The van der Waals surface area contributed by atoms with Gasteiger partial charge in [0, 0.05) is 30.9 Å². The summed E-state index contributed by atoms with van der Waals surface area (Å²) in [6, 6.07) is 1.86. The van der Waals surface area contributed by atoms with Gasteiger partial charge in [0.05, 0.1) is 12.3 Å². The van der Waals surface area contributed by atoms with E-state index >= 15 is 0 Å². The lowest BCUT2D eigenvalue weighted by Crippen LogP contribution is -2.24. The average molecular weight is 300 g/mol. The maximum atomic E-state index is 5.91. The zero-order chi connectivity index (χ0) is 12.3. The van der Waals surface area contributed by atoms with Crippen molar-refractivity contribution in [3.63, 3.8) is 0 Å². The van der Waals surface area contributed by atoms with Crippen LogP contribution in [0.4, 0.5) is 11.5 Å². The van der Waals surface area contributed by atoms with Crippen LogP contribution in [0.3, 0.4) is 0 Å². The molecule has 1 heterocycles. The summed E-state index contributed by atoms with van der Waals surface area (Å²) in [6.07, 6.45) is 4.42. The highest BCUT2D eigenvalue weighted by atomic mass is 79.9. The van der Waals surface area contributed by atoms with Crippen molar-refractivity contribution in [2.24, 2.45) is 5.92 Å². The van der Waals surface area contributed by atoms with Gasteiger partial charge in [0.2, 0.25) is 0 Å². The standard InChI is InChI=1S/C12H18BrN3O/c1-16(4-5-17-8-9-2-3-9)12-11(14)6-10(13)7-15-12/h6-7,9H,2-5,8,14H2,1H3. The third kappa shape index (κ3) is 3.85. The normalized spacial score (nSPS) is 14.9. The summed E-state index contributed by atoms with van der Waals surface area (Å²) in [5, 5.41) is 0. The molecule has 1 aromatic rings. The highest BCUT2D eigenvalue weighted by Gasteiger charge is 2.21. The summed E-state index contributed by atoms with van der Waals surface area (Å²) < 4.78 is 6.49. The Morgan fingerprint density at radius 2 is 2.35 bits per heavy atom. The van der Waals surface area contributed by atoms with Gasteiger partial charge in [-0.1, -0.05) is 0 Å². The van der Waals surface area contributed by atoms with Crippen LogP contribution in [0, 0.1) is 5.92 Å². The molecule has 0 unspecified atom stereocenters. The number of hydrogen-bond donors (Lipinski definition) is 1. The molecule has 5 heteroatoms. The number of halogens is 1. The van der Waals surface area contributed by atoms with Gasteiger partial charge < -0.3 is 15.4 Å². The van der Waals surface area contributed by atoms with E-state index in [1.807, 2.05) is 18.0 Å². The van der Waals surface area contributed by atoms with Crippen LogP contribution in [0.2, 0.25) is 0 Å². The number of nitrogens with zero attached hydrogens (tertiary/aromatic N) is 2. The second kappa shape index (κ2) is 5.69. The van der Waals surface area contributed by atoms with E-state index in [-0.39, 0.29) is 0 Å². The Morgan fingerprint density at radius 3 is 3.00 bits per heavy atom. The van der Waals surface area contributed by atoms with Crippen molar-refractivity contribution in [3.8, 4) is 0 Å². The number of ether oxygens (including phenoxy) is 1. The summed E-state index contributed by atoms with van der Waals surface area (Å²) in [6.45, 7) is 2.44. The Balaban J connectivity index is 1.78. The molecule has 0 aliphatic heterocycles. The number of nitrogens with two attached hydrogens (primary N) is 1. The van der Waals surface area contributed by atoms with E-state index in [0.29, 0.717) is 5.69 Å². The summed E-state index contributed by atoms with van der Waals surface area (Å²) in [5.41, 5.74) is 6.59. The summed E-state index contributed by atoms with van der Waals surface area (Å²) in [7, 11) is 1.98. The van der Waals surface area contributed by atoms with Crippen molar-refractivity contribution in [1.82, 2.24) is 4.98 Å². The monoisotopic (exact) mass is 299 g/mol. The van der Waals surface area contributed by atoms with Gasteiger partial charge in [-0.25, -0.2) is 4.98 Å². The van der Waals surface area contributed by atoms with Crippen LogP contribution < -0.4 is 10.6 Å². The van der Waals surface area contributed by atoms with E-state index in [0.717, 1.165) is 36.0 Å². The number of nitrogen functional groups attached to an aromatic ring is 1. The Kier molecular flexibility index (Phi) is 4.23. The molecule has 94 valence electrons. The first kappa shape index (κ1) is 12.6. The predicted molar refractivity (Wildman–Crippen MR) is 73.2 cm³/mol. The van der Waals surface area contributed by atoms with Gasteiger partial charge in [0.25, 0.3) is 0 Å². The van der Waals surface area contributed by atoms with Crippen LogP contribution in [0.25, 0.3) is 0 Å². The Labute approximate surface area is 110 Å². The van der Waals surface area contributed by atoms with Crippen LogP contribution in [0.1, 0.15) is 12.8 Å². The predicted octanol–water partition coefficient (Wildman–Crippen LogP) is 2.29. The van der Waals surface area contributed by atoms with Crippen molar-refractivity contribution < 1.29 is 4.74 Å². The highest BCUT2D eigenvalue weighted by Crippen LogP contribution is 2.28. The maximum Gasteiger partial charge on any atom is 0.151 e. The van der Waals surface area contributed by atoms with E-state index in [2.05, 4.69) is 20.9 Å². The molecule has 0 radical (unpaired) electrons. The first-order valence-electron chi connectivity index (χ1n) is 5.86. The number of likely N-dealkylation sites (N-methyl/N-ethyl adjacent to an activating group) is 1. The van der Waals surface area contributed by atoms with Crippen LogP contribution >= 0.6 is 15.9 Å². The minimum atomic E-state index is 0.684. The lowest BCUT2D eigenvalue weighted by molar-refractivity contribution is 0.131. The number of rotatable bonds is 6. The summed E-state index contributed by atoms with van der Waals surface area (Å²) in [4.78, 5) is 6.32. The smallest absolute Gasteiger partial charge is 0.151 e. The zero-order valence-corrected chi connectivity index (χ0v) is 11.6. The molecule has 1 aliphatic rings. The molecule has 0 aromatic carbocycles. The van der Waals surface area contributed by atoms with E-state index in [1.165, 1.54) is 12.8 Å². The lowest BCUT2D eigenvalue weighted by atomic mass is 10.3. The van der Waals surface area contributed by atoms with E-state index in [4.69, 9.17) is 10.5 Å². The minimum absolute atomic E-state index is 0.684. The highest BCUT2D eigenvalue weighted by molar-refractivity contribution is 9.10. The van der Waals surface area contributed by atoms with E-state index < -0.39 is 0 Å². The van der Waals surface area contributed by atoms with Crippen molar-refractivity contribution in [3.05, 3.63) is 16.7 Å². The molecule has 0 saturated heterocycles. The quantitative estimate of drug-likeness (QED) is 0.819. The van der Waals surface area contributed by atoms with Gasteiger partial charge in [-0.3, -0.25) is 0 Å². The maximum absolute atomic E-state index is 5.91. The average Bonchev–Trinajstić information content (AvgIpc) is 3.08. The Morgan fingerprint density at radius 1 is 1.59 bits per heavy atom. The third-order valence-electron chi connectivity index (χ3n) is 2.84. The Hall–Kier alpha value is -0.810. The Bertz CT molecular complexity index is 382. The molecule has 2 rings (SSSR count). The largest absolute Gasteiger partial charge is 0.396 e. The van der Waals surface area contributed by atoms with Gasteiger partial charge >= 0.3 is 0 Å². The SMILES string of the molecule is CN(CCOCC1CC1)c1ncc(Br)cc1N. The molecule has 1 saturated carbocycles. The molecular weight excluding hydrogens is 282 g/mol. The number of hydrogen-bond acceptors (Lipinski definition) is 4. The molecule has 0 spiro atoms. The molecule has 2 N–H and O–H groups in total. The zero-order valence-electron chi connectivity index (χ0n) is 10.0. The van der Waals surface area contributed by atoms with Crippen molar-refractivity contribution in [2.45, 2.75) is 12.8 Å². The second-order valence-electron chi connectivity index (χ2n) is 4.51. The fraction of sp³-hybridized carbons (Fsp3) is 0.583. The summed E-state index contributed by atoms with van der Waals surface area (Å²) >= 11 is 3.35. The second-order valence-corrected chi connectivity index (χ2v) is 5.42. The first-order chi connectivity index (χ1) is 8.16. The topological polar surface area (TPSA) is 51.4 Å². The summed E-state index contributed by atoms with van der Waals surface area (Å²) in [5.74, 6) is 1.62. The molecular formula is C12H18BrN3O. The van der Waals surface area contributed by atoms with E-state index in [1.54, 1.807) is 6.20 Å². The van der Waals surface area contributed by atoms with Crippen molar-refractivity contribution in [1.29, 1.82) is 0 Å². The number of anilines is 2.